The molecule has 0 unspecified atom stereocenters. The van der Waals surface area contributed by atoms with Gasteiger partial charge in [0, 0.05) is 11.1 Å². The minimum absolute atomic E-state index is 0.351. The molecule has 0 aliphatic rings. The van der Waals surface area contributed by atoms with Gasteiger partial charge in [0.2, 0.25) is 0 Å². The van der Waals surface area contributed by atoms with E-state index in [4.69, 9.17) is 21.1 Å². The summed E-state index contributed by atoms with van der Waals surface area (Å²) < 4.78 is 10.9. The molecule has 0 atom stereocenters. The summed E-state index contributed by atoms with van der Waals surface area (Å²) in [5.41, 5.74) is 1.45. The molecule has 0 saturated carbocycles. The van der Waals surface area contributed by atoms with E-state index in [-0.39, 0.29) is 0 Å². The lowest BCUT2D eigenvalue weighted by molar-refractivity contribution is 0.112. The first-order valence-corrected chi connectivity index (χ1v) is 6.12. The summed E-state index contributed by atoms with van der Waals surface area (Å²) in [5, 5.41) is 0.416. The molecule has 0 heterocycles. The summed E-state index contributed by atoms with van der Waals surface area (Å²) in [4.78, 5) is 10.6. The van der Waals surface area contributed by atoms with E-state index in [1.54, 1.807) is 25.3 Å². The van der Waals surface area contributed by atoms with Crippen LogP contribution < -0.4 is 9.47 Å². The third kappa shape index (κ3) is 3.26. The van der Waals surface area contributed by atoms with E-state index < -0.39 is 0 Å². The molecule has 2 rings (SSSR count). The Kier molecular flexibility index (Phi) is 4.42. The number of carbonyl (C=O) groups excluding carboxylic acids is 1. The maximum absolute atomic E-state index is 10.6. The third-order valence-corrected chi connectivity index (χ3v) is 2.96. The van der Waals surface area contributed by atoms with Crippen LogP contribution in [-0.2, 0) is 6.61 Å². The molecule has 0 fully saturated rings. The maximum Gasteiger partial charge on any atom is 0.150 e. The first-order chi connectivity index (χ1) is 9.24. The molecule has 4 heteroatoms. The lowest BCUT2D eigenvalue weighted by Crippen LogP contribution is -1.99. The Morgan fingerprint density at radius 1 is 1.16 bits per heavy atom. The van der Waals surface area contributed by atoms with E-state index in [0.717, 1.165) is 17.6 Å². The van der Waals surface area contributed by atoms with Gasteiger partial charge in [-0.15, -0.1) is 0 Å². The average Bonchev–Trinajstić information content (AvgIpc) is 2.46. The van der Waals surface area contributed by atoms with Crippen molar-refractivity contribution in [3.05, 3.63) is 58.6 Å². The van der Waals surface area contributed by atoms with Crippen LogP contribution in [-0.4, -0.2) is 13.4 Å². The summed E-state index contributed by atoms with van der Waals surface area (Å²) in [6.07, 6.45) is 0.746. The highest BCUT2D eigenvalue weighted by atomic mass is 35.5. The molecule has 98 valence electrons. The summed E-state index contributed by atoms with van der Waals surface area (Å²) >= 11 is 6.03. The summed E-state index contributed by atoms with van der Waals surface area (Å²) in [6.45, 7) is 0.351. The molecule has 2 aromatic rings. The van der Waals surface area contributed by atoms with Gasteiger partial charge in [-0.1, -0.05) is 29.8 Å². The molecule has 0 saturated heterocycles. The fraction of sp³-hybridized carbons (Fsp3) is 0.133. The van der Waals surface area contributed by atoms with Gasteiger partial charge in [-0.3, -0.25) is 4.79 Å². The van der Waals surface area contributed by atoms with Gasteiger partial charge in [0.1, 0.15) is 24.4 Å². The molecule has 3 nitrogen and oxygen atoms in total. The van der Waals surface area contributed by atoms with Gasteiger partial charge in [0.25, 0.3) is 0 Å². The quantitative estimate of drug-likeness (QED) is 0.781. The Bertz CT molecular complexity index is 581. The molecule has 0 aliphatic carbocycles. The number of rotatable bonds is 5. The standard InChI is InChI=1S/C15H13ClO3/c1-18-14-5-3-2-4-12(14)10-19-15-7-6-11(9-17)8-13(15)16/h2-9H,10H2,1H3. The number of ether oxygens (including phenoxy) is 2. The SMILES string of the molecule is COc1ccccc1COc1ccc(C=O)cc1Cl. The van der Waals surface area contributed by atoms with Gasteiger partial charge >= 0.3 is 0 Å². The molecule has 0 bridgehead atoms. The van der Waals surface area contributed by atoms with Crippen LogP contribution in [0.2, 0.25) is 5.02 Å². The number of hydrogen-bond donors (Lipinski definition) is 0. The van der Waals surface area contributed by atoms with Gasteiger partial charge in [-0.2, -0.15) is 0 Å². The Hall–Kier alpha value is -2.00. The molecule has 0 amide bonds. The van der Waals surface area contributed by atoms with Crippen molar-refractivity contribution in [2.45, 2.75) is 6.61 Å². The summed E-state index contributed by atoms with van der Waals surface area (Å²) in [5.74, 6) is 1.31. The number of hydrogen-bond acceptors (Lipinski definition) is 3. The Morgan fingerprint density at radius 2 is 1.95 bits per heavy atom. The molecule has 2 aromatic carbocycles. The van der Waals surface area contributed by atoms with E-state index in [1.165, 1.54) is 0 Å². The highest BCUT2D eigenvalue weighted by molar-refractivity contribution is 6.32. The van der Waals surface area contributed by atoms with Crippen LogP contribution in [0.1, 0.15) is 15.9 Å². The first kappa shape index (κ1) is 13.4. The van der Waals surface area contributed by atoms with Crippen molar-refractivity contribution in [1.29, 1.82) is 0 Å². The molecule has 0 N–H and O–H groups in total. The van der Waals surface area contributed by atoms with Gasteiger partial charge < -0.3 is 9.47 Å². The maximum atomic E-state index is 10.6. The molecule has 0 radical (unpaired) electrons. The van der Waals surface area contributed by atoms with Crippen molar-refractivity contribution in [2.75, 3.05) is 7.11 Å². The number of halogens is 1. The van der Waals surface area contributed by atoms with Crippen LogP contribution in [0.4, 0.5) is 0 Å². The predicted molar refractivity (Wildman–Crippen MR) is 74.2 cm³/mol. The lowest BCUT2D eigenvalue weighted by Gasteiger charge is -2.11. The van der Waals surface area contributed by atoms with Crippen molar-refractivity contribution in [2.24, 2.45) is 0 Å². The van der Waals surface area contributed by atoms with E-state index in [2.05, 4.69) is 0 Å². The van der Waals surface area contributed by atoms with Crippen molar-refractivity contribution in [1.82, 2.24) is 0 Å². The first-order valence-electron chi connectivity index (χ1n) is 5.74. The minimum Gasteiger partial charge on any atom is -0.496 e. The average molecular weight is 277 g/mol. The van der Waals surface area contributed by atoms with Crippen LogP contribution >= 0.6 is 11.6 Å². The van der Waals surface area contributed by atoms with Gasteiger partial charge in [0.05, 0.1) is 12.1 Å². The highest BCUT2D eigenvalue weighted by Gasteiger charge is 2.06. The summed E-state index contributed by atoms with van der Waals surface area (Å²) in [6, 6.07) is 12.5. The van der Waals surface area contributed by atoms with Crippen LogP contribution in [0.15, 0.2) is 42.5 Å². The Morgan fingerprint density at radius 3 is 2.63 bits per heavy atom. The van der Waals surface area contributed by atoms with E-state index in [9.17, 15) is 4.79 Å². The Balaban J connectivity index is 2.12. The molecule has 0 spiro atoms. The van der Waals surface area contributed by atoms with Crippen LogP contribution in [0.5, 0.6) is 11.5 Å². The van der Waals surface area contributed by atoms with Gasteiger partial charge in [-0.25, -0.2) is 0 Å². The number of carbonyl (C=O) groups is 1. The smallest absolute Gasteiger partial charge is 0.150 e. The molecule has 19 heavy (non-hydrogen) atoms. The Labute approximate surface area is 116 Å². The second kappa shape index (κ2) is 6.25. The normalized spacial score (nSPS) is 10.0. The van der Waals surface area contributed by atoms with Gasteiger partial charge in [-0.05, 0) is 24.3 Å². The second-order valence-electron chi connectivity index (χ2n) is 3.91. The number of para-hydroxylation sites is 1. The number of aldehydes is 1. The number of methoxy groups -OCH3 is 1. The fourth-order valence-corrected chi connectivity index (χ4v) is 1.93. The monoisotopic (exact) mass is 276 g/mol. The van der Waals surface area contributed by atoms with E-state index in [0.29, 0.717) is 22.9 Å². The van der Waals surface area contributed by atoms with Crippen molar-refractivity contribution < 1.29 is 14.3 Å². The van der Waals surface area contributed by atoms with Crippen molar-refractivity contribution in [3.63, 3.8) is 0 Å². The van der Waals surface area contributed by atoms with E-state index in [1.807, 2.05) is 24.3 Å². The lowest BCUT2D eigenvalue weighted by atomic mass is 10.2. The van der Waals surface area contributed by atoms with Crippen molar-refractivity contribution in [3.8, 4) is 11.5 Å². The molecule has 0 aromatic heterocycles. The second-order valence-corrected chi connectivity index (χ2v) is 4.32. The van der Waals surface area contributed by atoms with E-state index >= 15 is 0 Å². The zero-order chi connectivity index (χ0) is 13.7. The molecule has 0 aliphatic heterocycles. The largest absolute Gasteiger partial charge is 0.496 e. The summed E-state index contributed by atoms with van der Waals surface area (Å²) in [7, 11) is 1.62. The van der Waals surface area contributed by atoms with Crippen LogP contribution in [0, 0.1) is 0 Å². The molecular weight excluding hydrogens is 264 g/mol. The number of benzene rings is 2. The zero-order valence-electron chi connectivity index (χ0n) is 10.4. The zero-order valence-corrected chi connectivity index (χ0v) is 11.2. The highest BCUT2D eigenvalue weighted by Crippen LogP contribution is 2.27. The van der Waals surface area contributed by atoms with Crippen molar-refractivity contribution >= 4 is 17.9 Å². The predicted octanol–water partition coefficient (Wildman–Crippen LogP) is 3.74. The minimum atomic E-state index is 0.351. The fourth-order valence-electron chi connectivity index (χ4n) is 1.69. The van der Waals surface area contributed by atoms with Crippen LogP contribution in [0.25, 0.3) is 0 Å². The van der Waals surface area contributed by atoms with Gasteiger partial charge in [0.15, 0.2) is 0 Å². The molecular formula is C15H13ClO3. The third-order valence-electron chi connectivity index (χ3n) is 2.67. The van der Waals surface area contributed by atoms with Crippen LogP contribution in [0.3, 0.4) is 0 Å². The topological polar surface area (TPSA) is 35.5 Å².